The summed E-state index contributed by atoms with van der Waals surface area (Å²) in [6.45, 7) is -2.04. The van der Waals surface area contributed by atoms with Crippen molar-refractivity contribution in [1.82, 2.24) is 0 Å². The van der Waals surface area contributed by atoms with Crippen molar-refractivity contribution in [2.45, 2.75) is 12.6 Å². The minimum absolute atomic E-state index is 0.0713. The van der Waals surface area contributed by atoms with E-state index < -0.39 is 31.0 Å². The predicted molar refractivity (Wildman–Crippen MR) is 52.0 cm³/mol. The zero-order valence-corrected chi connectivity index (χ0v) is 8.76. The molecule has 0 aliphatic rings. The summed E-state index contributed by atoms with van der Waals surface area (Å²) in [5, 5.41) is 0. The van der Waals surface area contributed by atoms with E-state index in [9.17, 15) is 22.4 Å². The first-order valence-electron chi connectivity index (χ1n) is 4.77. The van der Waals surface area contributed by atoms with Gasteiger partial charge in [0, 0.05) is 6.42 Å². The maximum absolute atomic E-state index is 12.5. The second-order valence-electron chi connectivity index (χ2n) is 3.45. The molecular weight excluding hydrogens is 240 g/mol. The van der Waals surface area contributed by atoms with Gasteiger partial charge < -0.3 is 4.74 Å². The maximum Gasteiger partial charge on any atom is 0.411 e. The molecule has 0 radical (unpaired) electrons. The predicted octanol–water partition coefficient (Wildman–Crippen LogP) is 2.52. The van der Waals surface area contributed by atoms with E-state index in [0.29, 0.717) is 5.56 Å². The fourth-order valence-corrected chi connectivity index (χ4v) is 1.16. The number of carbonyl (C=O) groups is 1. The number of Topliss-reactive ketones (excluding diaryl/α,β-unsaturated/α-hetero) is 1. The Hall–Kier alpha value is -1.43. The molecule has 0 amide bonds. The zero-order valence-electron chi connectivity index (χ0n) is 8.76. The van der Waals surface area contributed by atoms with E-state index in [2.05, 4.69) is 4.74 Å². The van der Waals surface area contributed by atoms with Crippen LogP contribution in [-0.2, 0) is 16.0 Å². The summed E-state index contributed by atoms with van der Waals surface area (Å²) in [6.07, 6.45) is -4.51. The fourth-order valence-electron chi connectivity index (χ4n) is 1.16. The number of hydrogen-bond donors (Lipinski definition) is 0. The van der Waals surface area contributed by atoms with Crippen LogP contribution in [0.1, 0.15) is 5.56 Å². The molecule has 6 heteroatoms. The molecule has 0 aliphatic carbocycles. The summed E-state index contributed by atoms with van der Waals surface area (Å²) < 4.78 is 51.8. The Kier molecular flexibility index (Phi) is 4.62. The molecule has 0 atom stereocenters. The molecule has 17 heavy (non-hydrogen) atoms. The van der Waals surface area contributed by atoms with Gasteiger partial charge in [0.15, 0.2) is 5.78 Å². The van der Waals surface area contributed by atoms with E-state index in [1.807, 2.05) is 0 Å². The quantitative estimate of drug-likeness (QED) is 0.750. The van der Waals surface area contributed by atoms with Crippen LogP contribution in [0.4, 0.5) is 17.6 Å². The van der Waals surface area contributed by atoms with Gasteiger partial charge in [0.1, 0.15) is 19.0 Å². The molecule has 0 unspecified atom stereocenters. The third-order valence-corrected chi connectivity index (χ3v) is 1.84. The summed E-state index contributed by atoms with van der Waals surface area (Å²) in [7, 11) is 0. The fraction of sp³-hybridized carbons (Fsp3) is 0.364. The van der Waals surface area contributed by atoms with E-state index in [0.717, 1.165) is 0 Å². The Bertz CT molecular complexity index is 370. The van der Waals surface area contributed by atoms with Gasteiger partial charge in [0.2, 0.25) is 0 Å². The van der Waals surface area contributed by atoms with Gasteiger partial charge in [0.05, 0.1) is 0 Å². The van der Waals surface area contributed by atoms with Gasteiger partial charge in [-0.05, 0) is 17.7 Å². The monoisotopic (exact) mass is 250 g/mol. The lowest BCUT2D eigenvalue weighted by Gasteiger charge is -2.06. The van der Waals surface area contributed by atoms with Gasteiger partial charge in [-0.25, -0.2) is 4.39 Å². The lowest BCUT2D eigenvalue weighted by molar-refractivity contribution is -0.175. The van der Waals surface area contributed by atoms with Gasteiger partial charge in [0.25, 0.3) is 0 Å². The number of halogens is 4. The Morgan fingerprint density at radius 1 is 1.18 bits per heavy atom. The van der Waals surface area contributed by atoms with Crippen molar-refractivity contribution in [3.05, 3.63) is 35.6 Å². The highest BCUT2D eigenvalue weighted by atomic mass is 19.4. The minimum atomic E-state index is -4.43. The number of ketones is 1. The van der Waals surface area contributed by atoms with Crippen LogP contribution >= 0.6 is 0 Å². The Labute approximate surface area is 95.2 Å². The Morgan fingerprint density at radius 2 is 1.76 bits per heavy atom. The molecule has 0 fully saturated rings. The highest BCUT2D eigenvalue weighted by molar-refractivity contribution is 5.82. The van der Waals surface area contributed by atoms with Crippen molar-refractivity contribution in [2.75, 3.05) is 13.2 Å². The molecule has 0 bridgehead atoms. The molecule has 2 nitrogen and oxygen atoms in total. The van der Waals surface area contributed by atoms with Crippen molar-refractivity contribution in [3.63, 3.8) is 0 Å². The lowest BCUT2D eigenvalue weighted by Crippen LogP contribution is -2.21. The zero-order chi connectivity index (χ0) is 12.9. The minimum Gasteiger partial charge on any atom is -0.364 e. The topological polar surface area (TPSA) is 26.3 Å². The van der Waals surface area contributed by atoms with Crippen molar-refractivity contribution < 1.29 is 27.1 Å². The molecular formula is C11H10F4O2. The average molecular weight is 250 g/mol. The van der Waals surface area contributed by atoms with Gasteiger partial charge >= 0.3 is 6.18 Å². The summed E-state index contributed by atoms with van der Waals surface area (Å²) >= 11 is 0. The van der Waals surface area contributed by atoms with Gasteiger partial charge in [-0.1, -0.05) is 12.1 Å². The van der Waals surface area contributed by atoms with Crippen molar-refractivity contribution in [1.29, 1.82) is 0 Å². The third kappa shape index (κ3) is 6.01. The summed E-state index contributed by atoms with van der Waals surface area (Å²) in [4.78, 5) is 11.2. The van der Waals surface area contributed by atoms with Gasteiger partial charge in [-0.2, -0.15) is 13.2 Å². The van der Waals surface area contributed by atoms with E-state index in [-0.39, 0.29) is 6.42 Å². The van der Waals surface area contributed by atoms with Crippen LogP contribution in [0.2, 0.25) is 0 Å². The lowest BCUT2D eigenvalue weighted by atomic mass is 10.1. The molecule has 0 N–H and O–H groups in total. The van der Waals surface area contributed by atoms with E-state index in [1.54, 1.807) is 0 Å². The van der Waals surface area contributed by atoms with E-state index in [1.165, 1.54) is 24.3 Å². The summed E-state index contributed by atoms with van der Waals surface area (Å²) in [5.41, 5.74) is 0.534. The number of hydrogen-bond acceptors (Lipinski definition) is 2. The third-order valence-electron chi connectivity index (χ3n) is 1.84. The average Bonchev–Trinajstić information content (AvgIpc) is 2.19. The first-order valence-corrected chi connectivity index (χ1v) is 4.77. The number of carbonyl (C=O) groups excluding carboxylic acids is 1. The van der Waals surface area contributed by atoms with Crippen LogP contribution in [0.25, 0.3) is 0 Å². The summed E-state index contributed by atoms with van der Waals surface area (Å²) in [5.74, 6) is -0.921. The molecule has 0 saturated carbocycles. The molecule has 94 valence electrons. The number of ether oxygens (including phenoxy) is 1. The molecule has 1 aromatic carbocycles. The second kappa shape index (κ2) is 5.77. The Morgan fingerprint density at radius 3 is 2.29 bits per heavy atom. The highest BCUT2D eigenvalue weighted by Gasteiger charge is 2.27. The second-order valence-corrected chi connectivity index (χ2v) is 3.45. The van der Waals surface area contributed by atoms with Crippen LogP contribution < -0.4 is 0 Å². The number of alkyl halides is 3. The first-order chi connectivity index (χ1) is 7.87. The van der Waals surface area contributed by atoms with Crippen LogP contribution in [0.3, 0.4) is 0 Å². The maximum atomic E-state index is 12.5. The standard InChI is InChI=1S/C11H10F4O2/c12-9-3-1-8(2-4-9)5-10(16)6-17-7-11(13,14)15/h1-4H,5-7H2. The SMILES string of the molecule is O=C(COCC(F)(F)F)Cc1ccc(F)cc1. The van der Waals surface area contributed by atoms with Crippen LogP contribution in [0.5, 0.6) is 0 Å². The van der Waals surface area contributed by atoms with Crippen molar-refractivity contribution >= 4 is 5.78 Å². The molecule has 0 spiro atoms. The normalized spacial score (nSPS) is 11.5. The highest BCUT2D eigenvalue weighted by Crippen LogP contribution is 2.14. The van der Waals surface area contributed by atoms with Crippen molar-refractivity contribution in [3.8, 4) is 0 Å². The summed E-state index contributed by atoms with van der Waals surface area (Å²) in [6, 6.07) is 5.16. The van der Waals surface area contributed by atoms with E-state index >= 15 is 0 Å². The van der Waals surface area contributed by atoms with Crippen LogP contribution in [-0.4, -0.2) is 25.2 Å². The molecule has 0 heterocycles. The van der Waals surface area contributed by atoms with E-state index in [4.69, 9.17) is 0 Å². The largest absolute Gasteiger partial charge is 0.411 e. The van der Waals surface area contributed by atoms with Crippen LogP contribution in [0.15, 0.2) is 24.3 Å². The van der Waals surface area contributed by atoms with Crippen molar-refractivity contribution in [2.24, 2.45) is 0 Å². The van der Waals surface area contributed by atoms with Crippen LogP contribution in [0, 0.1) is 5.82 Å². The molecule has 0 aliphatic heterocycles. The first kappa shape index (κ1) is 13.6. The number of benzene rings is 1. The smallest absolute Gasteiger partial charge is 0.364 e. The molecule has 0 aromatic heterocycles. The Balaban J connectivity index is 2.32. The van der Waals surface area contributed by atoms with Gasteiger partial charge in [-0.3, -0.25) is 4.79 Å². The molecule has 0 saturated heterocycles. The van der Waals surface area contributed by atoms with Gasteiger partial charge in [-0.15, -0.1) is 0 Å². The molecule has 1 aromatic rings. The number of rotatable bonds is 5. The molecule has 1 rings (SSSR count).